The number of nitrogens with zero attached hydrogens (tertiary/aromatic N) is 1. The van der Waals surface area contributed by atoms with Gasteiger partial charge in [-0.3, -0.25) is 5.32 Å². The predicted molar refractivity (Wildman–Crippen MR) is 107 cm³/mol. The van der Waals surface area contributed by atoms with Gasteiger partial charge in [-0.25, -0.2) is 9.79 Å². The molecule has 1 amide bonds. The fraction of sp³-hybridized carbons (Fsp3) is 0.579. The van der Waals surface area contributed by atoms with Crippen LogP contribution in [0.25, 0.3) is 0 Å². The number of nitrogens with one attached hydrogen (secondary N) is 1. The van der Waals surface area contributed by atoms with E-state index in [1.165, 1.54) is 30.0 Å². The molecule has 1 unspecified atom stereocenters. The summed E-state index contributed by atoms with van der Waals surface area (Å²) in [5.41, 5.74) is 4.44. The van der Waals surface area contributed by atoms with E-state index >= 15 is 0 Å². The Morgan fingerprint density at radius 1 is 1.37 bits per heavy atom. The summed E-state index contributed by atoms with van der Waals surface area (Å²) in [5, 5.41) is 2.83. The van der Waals surface area contributed by atoms with Crippen LogP contribution in [0.5, 0.6) is 5.75 Å². The Balaban J connectivity index is 2.02. The number of rotatable bonds is 2. The van der Waals surface area contributed by atoms with Gasteiger partial charge in [0.15, 0.2) is 5.17 Å². The molecule has 30 heavy (non-hydrogen) atoms. The molecule has 0 spiro atoms. The lowest BCUT2D eigenvalue weighted by atomic mass is 9.76. The van der Waals surface area contributed by atoms with E-state index < -0.39 is 23.6 Å². The normalized spacial score (nSPS) is 24.5. The number of aliphatic imine (C=N–C) groups is 1. The van der Waals surface area contributed by atoms with Gasteiger partial charge in [-0.2, -0.15) is 0 Å². The third-order valence-corrected chi connectivity index (χ3v) is 5.67. The van der Waals surface area contributed by atoms with E-state index in [-0.39, 0.29) is 34.7 Å². The number of amides is 1. The van der Waals surface area contributed by atoms with Crippen LogP contribution >= 0.6 is 11.8 Å². The summed E-state index contributed by atoms with van der Waals surface area (Å²) in [6.07, 6.45) is -4.98. The molecule has 1 saturated heterocycles. The summed E-state index contributed by atoms with van der Waals surface area (Å²) >= 11 is 1.31. The second kappa shape index (κ2) is 8.18. The number of nitrogens with two attached hydrogens (primary N) is 1. The van der Waals surface area contributed by atoms with Gasteiger partial charge in [0.05, 0.1) is 6.61 Å². The highest BCUT2D eigenvalue weighted by molar-refractivity contribution is 8.13. The molecule has 2 aliphatic rings. The summed E-state index contributed by atoms with van der Waals surface area (Å²) < 4.78 is 54.2. The van der Waals surface area contributed by atoms with Crippen LogP contribution < -0.4 is 15.8 Å². The topological polar surface area (TPSA) is 95.2 Å². The first-order chi connectivity index (χ1) is 13.9. The molecule has 1 fully saturated rings. The Hall–Kier alpha value is -2.14. The van der Waals surface area contributed by atoms with Crippen LogP contribution in [0.15, 0.2) is 23.2 Å². The molecular weight excluding hydrogens is 423 g/mol. The number of hydrogen-bond donors (Lipinski definition) is 2. The van der Waals surface area contributed by atoms with E-state index in [2.05, 4.69) is 15.0 Å². The number of ether oxygens (including phenoxy) is 3. The molecule has 3 N–H and O–H groups in total. The minimum absolute atomic E-state index is 0.0371. The fourth-order valence-corrected chi connectivity index (χ4v) is 4.64. The second-order valence-corrected chi connectivity index (χ2v) is 9.13. The molecule has 1 aromatic rings. The molecule has 2 atom stereocenters. The van der Waals surface area contributed by atoms with Gasteiger partial charge in [0.2, 0.25) is 0 Å². The molecule has 2 aliphatic heterocycles. The predicted octanol–water partition coefficient (Wildman–Crippen LogP) is 4.03. The molecule has 166 valence electrons. The zero-order chi connectivity index (χ0) is 22.2. The molecule has 3 rings (SSSR count). The number of thioether (sulfide) groups is 1. The third kappa shape index (κ3) is 5.31. The van der Waals surface area contributed by atoms with Gasteiger partial charge < -0.3 is 19.9 Å². The van der Waals surface area contributed by atoms with Crippen molar-refractivity contribution in [3.8, 4) is 5.75 Å². The zero-order valence-corrected chi connectivity index (χ0v) is 17.7. The number of benzene rings is 1. The van der Waals surface area contributed by atoms with Crippen molar-refractivity contribution in [1.82, 2.24) is 5.32 Å². The largest absolute Gasteiger partial charge is 0.573 e. The molecule has 11 heteroatoms. The first-order valence-electron chi connectivity index (χ1n) is 9.34. The van der Waals surface area contributed by atoms with Crippen LogP contribution in [0.1, 0.15) is 32.8 Å². The standard InChI is InChI=1S/C19H24F3N3O4S/c1-17(2,3)29-16(26)24-15-25-18(10-27-7-6-11(18)9-30-15)13-8-12(23)4-5-14(13)28-19(20,21)22/h4-5,8,11H,6-7,9-10,23H2,1-3H3,(H,24,25,26)/t11?,18-/m0/s1. The maximum Gasteiger partial charge on any atom is 0.573 e. The Labute approximate surface area is 176 Å². The second-order valence-electron chi connectivity index (χ2n) is 8.12. The van der Waals surface area contributed by atoms with Crippen LogP contribution in [0.2, 0.25) is 0 Å². The molecule has 0 aliphatic carbocycles. The lowest BCUT2D eigenvalue weighted by Gasteiger charge is -2.44. The highest BCUT2D eigenvalue weighted by Gasteiger charge is 2.49. The number of halogens is 3. The van der Waals surface area contributed by atoms with E-state index in [1.54, 1.807) is 20.8 Å². The van der Waals surface area contributed by atoms with Crippen molar-refractivity contribution in [2.24, 2.45) is 10.9 Å². The van der Waals surface area contributed by atoms with Gasteiger partial charge in [-0.05, 0) is 45.4 Å². The van der Waals surface area contributed by atoms with Crippen molar-refractivity contribution in [3.05, 3.63) is 23.8 Å². The number of alkyl halides is 3. The van der Waals surface area contributed by atoms with Crippen molar-refractivity contribution >= 4 is 28.7 Å². The molecule has 0 radical (unpaired) electrons. The highest BCUT2D eigenvalue weighted by atomic mass is 32.2. The Kier molecular flexibility index (Phi) is 6.15. The number of anilines is 1. The van der Waals surface area contributed by atoms with Gasteiger partial charge in [0, 0.05) is 29.5 Å². The van der Waals surface area contributed by atoms with Gasteiger partial charge in [0.1, 0.15) is 16.9 Å². The van der Waals surface area contributed by atoms with Gasteiger partial charge in [-0.1, -0.05) is 11.8 Å². The molecular formula is C19H24F3N3O4S. The quantitative estimate of drug-likeness (QED) is 0.665. The minimum atomic E-state index is -4.88. The van der Waals surface area contributed by atoms with Crippen LogP contribution in [0, 0.1) is 5.92 Å². The lowest BCUT2D eigenvalue weighted by molar-refractivity contribution is -0.275. The summed E-state index contributed by atoms with van der Waals surface area (Å²) in [4.78, 5) is 16.8. The Morgan fingerprint density at radius 2 is 2.10 bits per heavy atom. The summed E-state index contributed by atoms with van der Waals surface area (Å²) in [7, 11) is 0. The summed E-state index contributed by atoms with van der Waals surface area (Å²) in [6.45, 7) is 5.68. The number of amidine groups is 1. The lowest BCUT2D eigenvalue weighted by Crippen LogP contribution is -2.49. The van der Waals surface area contributed by atoms with Crippen molar-refractivity contribution in [3.63, 3.8) is 0 Å². The van der Waals surface area contributed by atoms with E-state index in [9.17, 15) is 18.0 Å². The smallest absolute Gasteiger partial charge is 0.444 e. The monoisotopic (exact) mass is 447 g/mol. The maximum absolute atomic E-state index is 13.0. The third-order valence-electron chi connectivity index (χ3n) is 4.63. The number of fused-ring (bicyclic) bond motifs is 1. The van der Waals surface area contributed by atoms with Crippen molar-refractivity contribution in [2.75, 3.05) is 24.7 Å². The molecule has 0 saturated carbocycles. The first kappa shape index (κ1) is 22.5. The van der Waals surface area contributed by atoms with Gasteiger partial charge in [-0.15, -0.1) is 13.2 Å². The molecule has 7 nitrogen and oxygen atoms in total. The zero-order valence-electron chi connectivity index (χ0n) is 16.8. The van der Waals surface area contributed by atoms with E-state index in [1.807, 2.05) is 0 Å². The van der Waals surface area contributed by atoms with Gasteiger partial charge in [0.25, 0.3) is 0 Å². The number of carbonyl (C=O) groups is 1. The molecule has 0 bridgehead atoms. The van der Waals surface area contributed by atoms with E-state index in [0.717, 1.165) is 0 Å². The van der Waals surface area contributed by atoms with E-state index in [4.69, 9.17) is 15.2 Å². The number of nitrogen functional groups attached to an aromatic ring is 1. The summed E-state index contributed by atoms with van der Waals surface area (Å²) in [5.74, 6) is 0.00964. The van der Waals surface area contributed by atoms with Crippen LogP contribution in [-0.4, -0.2) is 42.2 Å². The van der Waals surface area contributed by atoms with Gasteiger partial charge >= 0.3 is 12.5 Å². The Morgan fingerprint density at radius 3 is 2.77 bits per heavy atom. The van der Waals surface area contributed by atoms with Crippen LogP contribution in [-0.2, 0) is 15.0 Å². The molecule has 2 heterocycles. The van der Waals surface area contributed by atoms with E-state index in [0.29, 0.717) is 18.8 Å². The van der Waals surface area contributed by atoms with Crippen molar-refractivity contribution < 1.29 is 32.2 Å². The average Bonchev–Trinajstić information content (AvgIpc) is 2.60. The number of hydrogen-bond acceptors (Lipinski definition) is 7. The number of carbonyl (C=O) groups excluding carboxylic acids is 1. The molecule has 1 aromatic carbocycles. The summed E-state index contributed by atoms with van der Waals surface area (Å²) in [6, 6.07) is 3.94. The van der Waals surface area contributed by atoms with Crippen molar-refractivity contribution in [1.29, 1.82) is 0 Å². The Bertz CT molecular complexity index is 841. The van der Waals surface area contributed by atoms with Crippen molar-refractivity contribution in [2.45, 2.75) is 44.7 Å². The first-order valence-corrected chi connectivity index (χ1v) is 10.3. The fourth-order valence-electron chi connectivity index (χ4n) is 3.46. The maximum atomic E-state index is 13.0. The number of alkyl carbamates (subject to hydrolysis) is 1. The molecule has 0 aromatic heterocycles. The SMILES string of the molecule is CC(C)(C)OC(=O)NC1=N[C@@]2(c3cc(N)ccc3OC(F)(F)F)COCCC2CS1. The average molecular weight is 447 g/mol. The van der Waals surface area contributed by atoms with Crippen LogP contribution in [0.4, 0.5) is 23.7 Å². The minimum Gasteiger partial charge on any atom is -0.444 e. The highest BCUT2D eigenvalue weighted by Crippen LogP contribution is 2.48. The van der Waals surface area contributed by atoms with Crippen LogP contribution in [0.3, 0.4) is 0 Å².